The number of likely N-dealkylation sites (tertiary alicyclic amines) is 1. The Morgan fingerprint density at radius 3 is 2.46 bits per heavy atom. The number of carbonyl (C=O) groups is 3. The number of nitrogens with two attached hydrogens (primary N) is 1. The molecule has 3 aliphatic heterocycles. The lowest BCUT2D eigenvalue weighted by atomic mass is 9.87. The van der Waals surface area contributed by atoms with Gasteiger partial charge in [-0.05, 0) is 125 Å². The zero-order valence-electron chi connectivity index (χ0n) is 35.9. The summed E-state index contributed by atoms with van der Waals surface area (Å²) >= 11 is 1.86. The number of amidine groups is 1. The highest BCUT2D eigenvalue weighted by molar-refractivity contribution is 7.97. The molecule has 1 aromatic heterocycles. The largest absolute Gasteiger partial charge is 0.388 e. The zero-order valence-corrected chi connectivity index (χ0v) is 36.7. The topological polar surface area (TPSA) is 193 Å². The minimum atomic E-state index is -0.369. The number of aliphatic imine (C=N–C) groups is 1. The molecule has 2 aliphatic carbocycles. The molecule has 7 N–H and O–H groups in total. The molecule has 2 saturated carbocycles. The highest BCUT2D eigenvalue weighted by Gasteiger charge is 2.61. The van der Waals surface area contributed by atoms with E-state index in [0.717, 1.165) is 94.6 Å². The monoisotopic (exact) mass is 853 g/mol. The summed E-state index contributed by atoms with van der Waals surface area (Å²) in [5, 5.41) is 16.7. The van der Waals surface area contributed by atoms with Crippen LogP contribution in [0.25, 0.3) is 0 Å². The van der Waals surface area contributed by atoms with Crippen LogP contribution in [0.1, 0.15) is 118 Å². The molecule has 16 heteroatoms. The second kappa shape index (κ2) is 20.5. The summed E-state index contributed by atoms with van der Waals surface area (Å²) in [4.78, 5) is 56.0. The number of piperidine rings is 2. The number of carbonyl (C=O) groups excluding carboxylic acids is 3. The maximum Gasteiger partial charge on any atom is 0.249 e. The van der Waals surface area contributed by atoms with Gasteiger partial charge in [0.15, 0.2) is 0 Å². The third-order valence-corrected chi connectivity index (χ3v) is 14.2. The molecule has 328 valence electrons. The smallest absolute Gasteiger partial charge is 0.249 e. The standard InChI is InChI=1S/C44H58N10O3S.CH5NO/c1-29(52-21-14-30(15-22-52)32-11-12-36(38(26-32)46-2)40(45)50-39(56)13-20-47-28-55)31-7-6-10-35(25-31)58-53-23-16-33(17-24-53)49-43-48-27-37-41(51-43)54(34-8-4-3-5-9-34)42(57)44(37)18-19-44;1-2-3/h6-7,10-12,25-30,33-34,46H,3-5,8-9,13-24H2,1-2H3,(H,47,55)(H2,45,50,56)(H,48,49,51);2-3H,1H3. The van der Waals surface area contributed by atoms with Crippen molar-refractivity contribution in [2.24, 2.45) is 10.7 Å². The Bertz CT molecular complexity index is 2020. The number of nitrogens with one attached hydrogen (secondary N) is 4. The van der Waals surface area contributed by atoms with Crippen LogP contribution in [-0.4, -0.2) is 107 Å². The van der Waals surface area contributed by atoms with E-state index in [4.69, 9.17) is 20.9 Å². The summed E-state index contributed by atoms with van der Waals surface area (Å²) in [6, 6.07) is 16.1. The fourth-order valence-corrected chi connectivity index (χ4v) is 10.5. The molecule has 2 aromatic carbocycles. The number of fused-ring (bicyclic) bond motifs is 2. The lowest BCUT2D eigenvalue weighted by Crippen LogP contribution is -2.42. The number of hydrogen-bond acceptors (Lipinski definition) is 12. The van der Waals surface area contributed by atoms with Crippen molar-refractivity contribution in [3.63, 3.8) is 0 Å². The Morgan fingerprint density at radius 2 is 1.77 bits per heavy atom. The van der Waals surface area contributed by atoms with Crippen LogP contribution in [0, 0.1) is 0 Å². The lowest BCUT2D eigenvalue weighted by molar-refractivity contribution is -0.121. The number of anilines is 3. The molecule has 8 rings (SSSR count). The minimum absolute atomic E-state index is 0.100. The van der Waals surface area contributed by atoms with Gasteiger partial charge in [0.1, 0.15) is 11.7 Å². The van der Waals surface area contributed by atoms with Crippen LogP contribution in [0.5, 0.6) is 0 Å². The van der Waals surface area contributed by atoms with Gasteiger partial charge < -0.3 is 26.9 Å². The molecule has 4 fully saturated rings. The maximum absolute atomic E-state index is 13.6. The number of hydrogen-bond donors (Lipinski definition) is 6. The van der Waals surface area contributed by atoms with Gasteiger partial charge in [-0.1, -0.05) is 37.5 Å². The molecule has 5 aliphatic rings. The van der Waals surface area contributed by atoms with Gasteiger partial charge in [-0.15, -0.1) is 0 Å². The molecular weight excluding hydrogens is 791 g/mol. The number of amides is 3. The van der Waals surface area contributed by atoms with Crippen LogP contribution >= 0.6 is 11.9 Å². The highest BCUT2D eigenvalue weighted by atomic mass is 32.2. The SMILES string of the molecule is CNO.CNc1cc(C2CCN(C(C)c3cccc(SN4CCC(Nc5ncc6c(n5)N(C5CCCCC5)C(=O)C65CC5)CC4)c3)CC2)ccc1C(N)=NC(=O)CCNC=O. The van der Waals surface area contributed by atoms with E-state index in [1.54, 1.807) is 5.48 Å². The second-order valence-corrected chi connectivity index (χ2v) is 18.1. The van der Waals surface area contributed by atoms with Gasteiger partial charge in [-0.25, -0.2) is 14.8 Å². The lowest BCUT2D eigenvalue weighted by Gasteiger charge is -2.37. The van der Waals surface area contributed by atoms with E-state index in [1.165, 1.54) is 42.3 Å². The van der Waals surface area contributed by atoms with Gasteiger partial charge >= 0.3 is 0 Å². The fourth-order valence-electron chi connectivity index (χ4n) is 9.51. The summed E-state index contributed by atoms with van der Waals surface area (Å²) < 4.78 is 2.48. The van der Waals surface area contributed by atoms with E-state index < -0.39 is 0 Å². The second-order valence-electron chi connectivity index (χ2n) is 17.0. The first-order valence-electron chi connectivity index (χ1n) is 22.1. The molecule has 4 heterocycles. The van der Waals surface area contributed by atoms with Gasteiger partial charge in [-0.3, -0.25) is 24.2 Å². The third kappa shape index (κ3) is 10.4. The van der Waals surface area contributed by atoms with E-state index >= 15 is 0 Å². The van der Waals surface area contributed by atoms with E-state index in [1.807, 2.05) is 31.3 Å². The van der Waals surface area contributed by atoms with Crippen LogP contribution in [0.4, 0.5) is 17.5 Å². The van der Waals surface area contributed by atoms with Crippen LogP contribution in [0.15, 0.2) is 58.5 Å². The number of nitrogens with zero attached hydrogens (tertiary/aromatic N) is 6. The van der Waals surface area contributed by atoms with Crippen molar-refractivity contribution in [2.75, 3.05) is 62.4 Å². The minimum Gasteiger partial charge on any atom is -0.388 e. The van der Waals surface area contributed by atoms with Crippen LogP contribution in [0.2, 0.25) is 0 Å². The summed E-state index contributed by atoms with van der Waals surface area (Å²) in [6.07, 6.45) is 14.4. The van der Waals surface area contributed by atoms with Gasteiger partial charge in [0.25, 0.3) is 0 Å². The molecule has 61 heavy (non-hydrogen) atoms. The number of aromatic nitrogens is 2. The first-order valence-corrected chi connectivity index (χ1v) is 22.9. The van der Waals surface area contributed by atoms with E-state index in [-0.39, 0.29) is 42.1 Å². The summed E-state index contributed by atoms with van der Waals surface area (Å²) in [6.45, 7) is 6.53. The van der Waals surface area contributed by atoms with Gasteiger partial charge in [-0.2, -0.15) is 9.98 Å². The first-order chi connectivity index (χ1) is 29.7. The van der Waals surface area contributed by atoms with Gasteiger partial charge in [0, 0.05) is 86.2 Å². The Labute approximate surface area is 364 Å². The van der Waals surface area contributed by atoms with E-state index in [9.17, 15) is 14.4 Å². The van der Waals surface area contributed by atoms with Crippen molar-refractivity contribution in [2.45, 2.75) is 118 Å². The van der Waals surface area contributed by atoms with Crippen LogP contribution in [0.3, 0.4) is 0 Å². The summed E-state index contributed by atoms with van der Waals surface area (Å²) in [5.74, 6) is 2.04. The Morgan fingerprint density at radius 1 is 1.03 bits per heavy atom. The Balaban J connectivity index is 0.00000182. The number of benzene rings is 2. The number of rotatable bonds is 14. The quantitative estimate of drug-likeness (QED) is 0.0289. The molecule has 15 nitrogen and oxygen atoms in total. The average Bonchev–Trinajstić information content (AvgIpc) is 4.06. The van der Waals surface area contributed by atoms with Crippen molar-refractivity contribution in [1.29, 1.82) is 0 Å². The van der Waals surface area contributed by atoms with Crippen molar-refractivity contribution >= 4 is 53.5 Å². The molecule has 1 spiro atoms. The van der Waals surface area contributed by atoms with E-state index in [2.05, 4.69) is 78.4 Å². The fraction of sp³-hybridized carbons (Fsp3) is 0.556. The first kappa shape index (κ1) is 44.4. The molecule has 3 amide bonds. The molecule has 1 unspecified atom stereocenters. The number of hydroxylamine groups is 1. The summed E-state index contributed by atoms with van der Waals surface area (Å²) in [5.41, 5.74) is 12.8. The molecule has 0 bridgehead atoms. The maximum atomic E-state index is 13.6. The van der Waals surface area contributed by atoms with Crippen molar-refractivity contribution in [3.05, 3.63) is 70.9 Å². The van der Waals surface area contributed by atoms with Crippen LogP contribution in [-0.2, 0) is 19.8 Å². The average molecular weight is 854 g/mol. The normalized spacial score (nSPS) is 20.4. The van der Waals surface area contributed by atoms with Crippen molar-refractivity contribution in [1.82, 2.24) is 30.0 Å². The van der Waals surface area contributed by atoms with Gasteiger partial charge in [0.2, 0.25) is 24.2 Å². The Hall–Kier alpha value is -4.61. The molecule has 1 atom stereocenters. The highest BCUT2D eigenvalue weighted by Crippen LogP contribution is 2.57. The predicted molar refractivity (Wildman–Crippen MR) is 241 cm³/mol. The molecule has 2 saturated heterocycles. The van der Waals surface area contributed by atoms with Gasteiger partial charge in [0.05, 0.1) is 5.41 Å². The molecule has 0 radical (unpaired) electrons. The third-order valence-electron chi connectivity index (χ3n) is 13.1. The van der Waals surface area contributed by atoms with Crippen LogP contribution < -0.4 is 32.1 Å². The molecule has 3 aromatic rings. The molecular formula is C45H63N11O4S. The van der Waals surface area contributed by atoms with Crippen molar-refractivity contribution < 1.29 is 19.6 Å². The zero-order chi connectivity index (χ0) is 42.9. The van der Waals surface area contributed by atoms with Crippen molar-refractivity contribution in [3.8, 4) is 0 Å². The van der Waals surface area contributed by atoms with E-state index in [0.29, 0.717) is 35.9 Å². The summed E-state index contributed by atoms with van der Waals surface area (Å²) in [7, 11) is 3.28. The Kier molecular flexibility index (Phi) is 14.9. The predicted octanol–water partition coefficient (Wildman–Crippen LogP) is 5.72.